The molecule has 1 aliphatic carbocycles. The van der Waals surface area contributed by atoms with Crippen LogP contribution in [0.2, 0.25) is 0 Å². The van der Waals surface area contributed by atoms with Gasteiger partial charge in [0.1, 0.15) is 0 Å². The van der Waals surface area contributed by atoms with Crippen molar-refractivity contribution in [3.8, 4) is 0 Å². The molecule has 0 fully saturated rings. The quantitative estimate of drug-likeness (QED) is 0.624. The molecule has 0 atom stereocenters. The van der Waals surface area contributed by atoms with Crippen molar-refractivity contribution in [2.75, 3.05) is 5.75 Å². The smallest absolute Gasteiger partial charge is 0.169 e. The Kier molecular flexibility index (Phi) is 3.00. The molecule has 0 spiro atoms. The largest absolute Gasteiger partial charge is 0.294 e. The van der Waals surface area contributed by atoms with E-state index in [1.165, 1.54) is 0 Å². The molecule has 1 nitrogen and oxygen atoms in total. The number of rotatable bonds is 3. The zero-order chi connectivity index (χ0) is 7.40. The summed E-state index contributed by atoms with van der Waals surface area (Å²) >= 11 is 1.70. The molecule has 0 N–H and O–H groups in total. The van der Waals surface area contributed by atoms with Gasteiger partial charge in [0, 0.05) is 11.3 Å². The molecule has 56 valence electrons. The van der Waals surface area contributed by atoms with Gasteiger partial charge < -0.3 is 0 Å². The summed E-state index contributed by atoms with van der Waals surface area (Å²) in [6, 6.07) is 0. The Morgan fingerprint density at radius 1 is 1.70 bits per heavy atom. The first-order valence-electron chi connectivity index (χ1n) is 3.70. The van der Waals surface area contributed by atoms with Gasteiger partial charge in [-0.2, -0.15) is 0 Å². The maximum absolute atomic E-state index is 11.0. The molecule has 0 aromatic heterocycles. The monoisotopic (exact) mass is 156 g/mol. The number of thioether (sulfide) groups is 1. The lowest BCUT2D eigenvalue weighted by Gasteiger charge is -1.96. The summed E-state index contributed by atoms with van der Waals surface area (Å²) in [7, 11) is 0. The van der Waals surface area contributed by atoms with Crippen molar-refractivity contribution in [3.05, 3.63) is 11.0 Å². The lowest BCUT2D eigenvalue weighted by atomic mass is 10.3. The number of allylic oxidation sites excluding steroid dienone is 2. The van der Waals surface area contributed by atoms with E-state index in [1.54, 1.807) is 11.8 Å². The molecular formula is C8H12OS. The maximum Gasteiger partial charge on any atom is 0.169 e. The third-order valence-electron chi connectivity index (χ3n) is 1.44. The fraction of sp³-hybridized carbons (Fsp3) is 0.625. The number of Topliss-reactive ketones (excluding diaryl/α,β-unsaturated/α-hetero) is 1. The van der Waals surface area contributed by atoms with Crippen molar-refractivity contribution in [1.29, 1.82) is 0 Å². The fourth-order valence-electron chi connectivity index (χ4n) is 0.923. The Balaban J connectivity index is 2.33. The summed E-state index contributed by atoms with van der Waals surface area (Å²) in [6.45, 7) is 2.13. The Morgan fingerprint density at radius 3 is 3.00 bits per heavy atom. The van der Waals surface area contributed by atoms with E-state index in [2.05, 4.69) is 13.0 Å². The minimum absolute atomic E-state index is 0.346. The number of carbonyl (C=O) groups excluding carboxylic acids is 1. The summed E-state index contributed by atoms with van der Waals surface area (Å²) in [5.74, 6) is 1.43. The van der Waals surface area contributed by atoms with Crippen LogP contribution in [0.25, 0.3) is 0 Å². The first kappa shape index (κ1) is 7.86. The predicted molar refractivity (Wildman–Crippen MR) is 45.1 cm³/mol. The molecule has 0 radical (unpaired) electrons. The van der Waals surface area contributed by atoms with Crippen molar-refractivity contribution in [2.24, 2.45) is 0 Å². The number of ketones is 1. The van der Waals surface area contributed by atoms with Gasteiger partial charge in [-0.05, 0) is 18.6 Å². The van der Waals surface area contributed by atoms with Crippen LogP contribution >= 0.6 is 11.8 Å². The molecule has 1 aliphatic rings. The van der Waals surface area contributed by atoms with Crippen LogP contribution in [-0.2, 0) is 4.79 Å². The van der Waals surface area contributed by atoms with E-state index in [0.29, 0.717) is 5.78 Å². The normalized spacial score (nSPS) is 17.7. The van der Waals surface area contributed by atoms with E-state index >= 15 is 0 Å². The zero-order valence-electron chi connectivity index (χ0n) is 6.22. The van der Waals surface area contributed by atoms with Crippen molar-refractivity contribution < 1.29 is 4.79 Å². The van der Waals surface area contributed by atoms with Gasteiger partial charge in [-0.15, -0.1) is 11.8 Å². The second kappa shape index (κ2) is 3.81. The highest BCUT2D eigenvalue weighted by Crippen LogP contribution is 2.25. The SMILES string of the molecule is CCCSC1=CCCC1=O. The average Bonchev–Trinajstić information content (AvgIpc) is 2.31. The fourth-order valence-corrected chi connectivity index (χ4v) is 1.85. The van der Waals surface area contributed by atoms with Crippen LogP contribution in [0.4, 0.5) is 0 Å². The minimum atomic E-state index is 0.346. The summed E-state index contributed by atoms with van der Waals surface area (Å²) in [5, 5.41) is 0. The van der Waals surface area contributed by atoms with E-state index in [1.807, 2.05) is 0 Å². The molecule has 0 unspecified atom stereocenters. The summed E-state index contributed by atoms with van der Waals surface area (Å²) in [5.41, 5.74) is 0. The lowest BCUT2D eigenvalue weighted by Crippen LogP contribution is -1.91. The molecule has 0 aromatic carbocycles. The minimum Gasteiger partial charge on any atom is -0.294 e. The molecule has 0 saturated heterocycles. The molecule has 0 amide bonds. The Morgan fingerprint density at radius 2 is 2.50 bits per heavy atom. The molecule has 0 heterocycles. The molecule has 0 bridgehead atoms. The van der Waals surface area contributed by atoms with E-state index in [0.717, 1.165) is 29.9 Å². The van der Waals surface area contributed by atoms with Crippen LogP contribution in [0, 0.1) is 0 Å². The molecular weight excluding hydrogens is 144 g/mol. The Hall–Kier alpha value is -0.240. The highest BCUT2D eigenvalue weighted by atomic mass is 32.2. The predicted octanol–water partition coefficient (Wildman–Crippen LogP) is 2.38. The Bertz CT molecular complexity index is 161. The summed E-state index contributed by atoms with van der Waals surface area (Å²) in [4.78, 5) is 12.0. The molecule has 2 heteroatoms. The average molecular weight is 156 g/mol. The molecule has 0 aliphatic heterocycles. The Labute approximate surface area is 65.9 Å². The van der Waals surface area contributed by atoms with Crippen molar-refractivity contribution in [2.45, 2.75) is 26.2 Å². The van der Waals surface area contributed by atoms with Crippen molar-refractivity contribution in [1.82, 2.24) is 0 Å². The van der Waals surface area contributed by atoms with Gasteiger partial charge in [-0.3, -0.25) is 4.79 Å². The van der Waals surface area contributed by atoms with Crippen molar-refractivity contribution in [3.63, 3.8) is 0 Å². The van der Waals surface area contributed by atoms with Crippen LogP contribution in [0.3, 0.4) is 0 Å². The third kappa shape index (κ3) is 1.87. The molecule has 10 heavy (non-hydrogen) atoms. The second-order valence-electron chi connectivity index (χ2n) is 2.38. The van der Waals surface area contributed by atoms with Crippen molar-refractivity contribution >= 4 is 17.5 Å². The van der Waals surface area contributed by atoms with Gasteiger partial charge in [0.25, 0.3) is 0 Å². The third-order valence-corrected chi connectivity index (χ3v) is 2.76. The summed E-state index contributed by atoms with van der Waals surface area (Å²) < 4.78 is 0. The van der Waals surface area contributed by atoms with Gasteiger partial charge in [-0.25, -0.2) is 0 Å². The first-order chi connectivity index (χ1) is 4.84. The van der Waals surface area contributed by atoms with Crippen LogP contribution < -0.4 is 0 Å². The number of hydrogen-bond donors (Lipinski definition) is 0. The van der Waals surface area contributed by atoms with Gasteiger partial charge in [0.15, 0.2) is 5.78 Å². The number of hydrogen-bond acceptors (Lipinski definition) is 2. The number of carbonyl (C=O) groups is 1. The van der Waals surface area contributed by atoms with Crippen LogP contribution in [0.1, 0.15) is 26.2 Å². The lowest BCUT2D eigenvalue weighted by molar-refractivity contribution is -0.114. The highest BCUT2D eigenvalue weighted by molar-refractivity contribution is 8.04. The summed E-state index contributed by atoms with van der Waals surface area (Å²) in [6.07, 6.45) is 4.91. The van der Waals surface area contributed by atoms with Gasteiger partial charge in [-0.1, -0.05) is 13.0 Å². The van der Waals surface area contributed by atoms with Crippen LogP contribution in [-0.4, -0.2) is 11.5 Å². The van der Waals surface area contributed by atoms with E-state index in [9.17, 15) is 4.79 Å². The maximum atomic E-state index is 11.0. The molecule has 0 saturated carbocycles. The van der Waals surface area contributed by atoms with Gasteiger partial charge >= 0.3 is 0 Å². The van der Waals surface area contributed by atoms with E-state index in [-0.39, 0.29) is 0 Å². The topological polar surface area (TPSA) is 17.1 Å². The van der Waals surface area contributed by atoms with E-state index in [4.69, 9.17) is 0 Å². The first-order valence-corrected chi connectivity index (χ1v) is 4.69. The molecule has 0 aromatic rings. The van der Waals surface area contributed by atoms with Gasteiger partial charge in [0.05, 0.1) is 0 Å². The van der Waals surface area contributed by atoms with Crippen LogP contribution in [0.15, 0.2) is 11.0 Å². The highest BCUT2D eigenvalue weighted by Gasteiger charge is 2.13. The standard InChI is InChI=1S/C8H12OS/c1-2-6-10-8-5-3-4-7(8)9/h5H,2-4,6H2,1H3. The van der Waals surface area contributed by atoms with Crippen LogP contribution in [0.5, 0.6) is 0 Å². The van der Waals surface area contributed by atoms with Gasteiger partial charge in [0.2, 0.25) is 0 Å². The second-order valence-corrected chi connectivity index (χ2v) is 3.52. The molecule has 1 rings (SSSR count). The van der Waals surface area contributed by atoms with E-state index < -0.39 is 0 Å². The zero-order valence-corrected chi connectivity index (χ0v) is 7.04.